The summed E-state index contributed by atoms with van der Waals surface area (Å²) in [6.45, 7) is 2.88. The van der Waals surface area contributed by atoms with E-state index in [0.29, 0.717) is 10.8 Å². The fourth-order valence-electron chi connectivity index (χ4n) is 2.22. The third kappa shape index (κ3) is 2.80. The molecule has 1 fully saturated rings. The number of carbonyl (C=O) groups excluding carboxylic acids is 1. The first-order chi connectivity index (χ1) is 8.72. The molecule has 0 unspecified atom stereocenters. The molecule has 18 heavy (non-hydrogen) atoms. The monoisotopic (exact) mass is 250 g/mol. The molecule has 0 aliphatic carbocycles. The van der Waals surface area contributed by atoms with Crippen LogP contribution in [0.5, 0.6) is 0 Å². The topological polar surface area (TPSA) is 53.0 Å². The minimum Gasteiger partial charge on any atom is -0.451 e. The summed E-state index contributed by atoms with van der Waals surface area (Å²) in [5.74, 6) is 0. The van der Waals surface area contributed by atoms with E-state index in [9.17, 15) is 10.0 Å². The first-order valence-electron chi connectivity index (χ1n) is 6.09. The van der Waals surface area contributed by atoms with Crippen LogP contribution in [0, 0.1) is 0 Å². The Balaban J connectivity index is 2.16. The molecule has 98 valence electrons. The maximum absolute atomic E-state index is 11.3. The number of likely N-dealkylation sites (tertiary alicyclic amines) is 1. The number of carbonyl (C=O) groups is 1. The lowest BCUT2D eigenvalue weighted by molar-refractivity contribution is 0.140. The van der Waals surface area contributed by atoms with E-state index in [-0.39, 0.29) is 0 Å². The highest BCUT2D eigenvalue weighted by molar-refractivity contribution is 5.85. The minimum absolute atomic E-state index is 0.483. The number of para-hydroxylation sites is 1. The number of nitrogens with zero attached hydrogens (tertiary/aromatic N) is 2. The first kappa shape index (κ1) is 12.9. The van der Waals surface area contributed by atoms with Crippen LogP contribution in [-0.2, 0) is 11.3 Å². The van der Waals surface area contributed by atoms with Gasteiger partial charge in [-0.25, -0.2) is 4.79 Å². The smallest absolute Gasteiger partial charge is 0.438 e. The zero-order valence-corrected chi connectivity index (χ0v) is 10.5. The minimum atomic E-state index is -0.774. The van der Waals surface area contributed by atoms with Gasteiger partial charge in [0, 0.05) is 6.54 Å². The average molecular weight is 250 g/mol. The van der Waals surface area contributed by atoms with Gasteiger partial charge in [0.05, 0.1) is 12.8 Å². The molecule has 1 heterocycles. The molecule has 1 amide bonds. The summed E-state index contributed by atoms with van der Waals surface area (Å²) in [5, 5.41) is 10.3. The van der Waals surface area contributed by atoms with Crippen LogP contribution < -0.4 is 5.06 Å². The van der Waals surface area contributed by atoms with Gasteiger partial charge in [0.2, 0.25) is 0 Å². The average Bonchev–Trinajstić information content (AvgIpc) is 2.90. The maximum atomic E-state index is 11.3. The maximum Gasteiger partial charge on any atom is 0.438 e. The number of rotatable bonds is 3. The fraction of sp³-hybridized carbons (Fsp3) is 0.462. The molecule has 0 atom stereocenters. The van der Waals surface area contributed by atoms with Crippen LogP contribution in [0.3, 0.4) is 0 Å². The van der Waals surface area contributed by atoms with Crippen LogP contribution in [0.25, 0.3) is 0 Å². The van der Waals surface area contributed by atoms with E-state index in [1.807, 2.05) is 12.1 Å². The van der Waals surface area contributed by atoms with Crippen molar-refractivity contribution in [3.05, 3.63) is 29.8 Å². The molecule has 5 heteroatoms. The van der Waals surface area contributed by atoms with E-state index in [2.05, 4.69) is 9.64 Å². The Morgan fingerprint density at radius 3 is 2.72 bits per heavy atom. The van der Waals surface area contributed by atoms with Crippen LogP contribution in [0.2, 0.25) is 0 Å². The summed E-state index contributed by atoms with van der Waals surface area (Å²) in [7, 11) is 1.24. The van der Waals surface area contributed by atoms with Crippen LogP contribution in [0.15, 0.2) is 24.3 Å². The summed E-state index contributed by atoms with van der Waals surface area (Å²) in [6.07, 6.45) is 1.65. The largest absolute Gasteiger partial charge is 0.451 e. The van der Waals surface area contributed by atoms with Gasteiger partial charge >= 0.3 is 6.09 Å². The first-order valence-corrected chi connectivity index (χ1v) is 6.09. The Morgan fingerprint density at radius 2 is 2.06 bits per heavy atom. The van der Waals surface area contributed by atoms with E-state index in [1.165, 1.54) is 20.0 Å². The molecular formula is C13H18N2O3. The molecule has 1 aliphatic rings. The molecule has 0 spiro atoms. The number of hydrogen-bond donors (Lipinski definition) is 1. The highest BCUT2D eigenvalue weighted by Crippen LogP contribution is 2.23. The van der Waals surface area contributed by atoms with Crippen molar-refractivity contribution >= 4 is 11.8 Å². The lowest BCUT2D eigenvalue weighted by atomic mass is 10.1. The summed E-state index contributed by atoms with van der Waals surface area (Å²) >= 11 is 0. The second-order valence-corrected chi connectivity index (χ2v) is 4.39. The van der Waals surface area contributed by atoms with Crippen molar-refractivity contribution in [1.82, 2.24) is 4.90 Å². The number of hydroxylamine groups is 1. The van der Waals surface area contributed by atoms with Crippen molar-refractivity contribution in [2.75, 3.05) is 25.3 Å². The quantitative estimate of drug-likeness (QED) is 0.660. The van der Waals surface area contributed by atoms with E-state index in [0.717, 1.165) is 25.2 Å². The second-order valence-electron chi connectivity index (χ2n) is 4.39. The molecule has 1 aromatic rings. The molecule has 1 saturated heterocycles. The van der Waals surface area contributed by atoms with Crippen molar-refractivity contribution in [1.29, 1.82) is 0 Å². The van der Waals surface area contributed by atoms with Crippen molar-refractivity contribution in [2.45, 2.75) is 19.4 Å². The summed E-state index contributed by atoms with van der Waals surface area (Å²) in [5.41, 5.74) is 1.41. The van der Waals surface area contributed by atoms with Gasteiger partial charge < -0.3 is 4.74 Å². The number of benzene rings is 1. The normalized spacial score (nSPS) is 15.7. The Labute approximate surface area is 107 Å². The molecular weight excluding hydrogens is 232 g/mol. The van der Waals surface area contributed by atoms with Gasteiger partial charge in [-0.2, -0.15) is 5.06 Å². The SMILES string of the molecule is COC(=O)N(O)c1ccccc1CN1CCCC1. The summed E-state index contributed by atoms with van der Waals surface area (Å²) in [4.78, 5) is 13.7. The lowest BCUT2D eigenvalue weighted by Crippen LogP contribution is -2.29. The molecule has 0 radical (unpaired) electrons. The van der Waals surface area contributed by atoms with Gasteiger partial charge in [0.25, 0.3) is 0 Å². The van der Waals surface area contributed by atoms with Gasteiger partial charge in [-0.3, -0.25) is 10.1 Å². The molecule has 1 aliphatic heterocycles. The fourth-order valence-corrected chi connectivity index (χ4v) is 2.22. The standard InChI is InChI=1S/C13H18N2O3/c1-18-13(16)15(17)12-7-3-2-6-11(12)10-14-8-4-5-9-14/h2-3,6-7,17H,4-5,8-10H2,1H3. The van der Waals surface area contributed by atoms with E-state index in [1.54, 1.807) is 12.1 Å². The highest BCUT2D eigenvalue weighted by atomic mass is 16.6. The molecule has 2 rings (SSSR count). The van der Waals surface area contributed by atoms with E-state index in [4.69, 9.17) is 0 Å². The molecule has 0 aromatic heterocycles. The van der Waals surface area contributed by atoms with Crippen molar-refractivity contribution in [2.24, 2.45) is 0 Å². The third-order valence-electron chi connectivity index (χ3n) is 3.16. The summed E-state index contributed by atoms with van der Waals surface area (Å²) in [6, 6.07) is 7.32. The van der Waals surface area contributed by atoms with Crippen LogP contribution in [0.1, 0.15) is 18.4 Å². The van der Waals surface area contributed by atoms with Crippen LogP contribution in [-0.4, -0.2) is 36.4 Å². The Hall–Kier alpha value is -1.59. The van der Waals surface area contributed by atoms with E-state index < -0.39 is 6.09 Å². The van der Waals surface area contributed by atoms with Crippen LogP contribution >= 0.6 is 0 Å². The number of amides is 1. The zero-order valence-electron chi connectivity index (χ0n) is 10.5. The number of ether oxygens (including phenoxy) is 1. The van der Waals surface area contributed by atoms with Gasteiger partial charge in [0.1, 0.15) is 0 Å². The van der Waals surface area contributed by atoms with Crippen LogP contribution in [0.4, 0.5) is 10.5 Å². The van der Waals surface area contributed by atoms with Gasteiger partial charge in [0.15, 0.2) is 0 Å². The third-order valence-corrected chi connectivity index (χ3v) is 3.16. The number of hydrogen-bond acceptors (Lipinski definition) is 4. The predicted molar refractivity (Wildman–Crippen MR) is 67.6 cm³/mol. The van der Waals surface area contributed by atoms with Gasteiger partial charge in [-0.1, -0.05) is 18.2 Å². The molecule has 0 saturated carbocycles. The molecule has 1 N–H and O–H groups in total. The molecule has 0 bridgehead atoms. The molecule has 1 aromatic carbocycles. The summed E-state index contributed by atoms with van der Waals surface area (Å²) < 4.78 is 4.51. The predicted octanol–water partition coefficient (Wildman–Crippen LogP) is 2.24. The Kier molecular flexibility index (Phi) is 4.17. The highest BCUT2D eigenvalue weighted by Gasteiger charge is 2.19. The van der Waals surface area contributed by atoms with Crippen molar-refractivity contribution in [3.63, 3.8) is 0 Å². The van der Waals surface area contributed by atoms with Gasteiger partial charge in [-0.05, 0) is 37.6 Å². The number of anilines is 1. The van der Waals surface area contributed by atoms with Gasteiger partial charge in [-0.15, -0.1) is 0 Å². The van der Waals surface area contributed by atoms with Crippen molar-refractivity contribution < 1.29 is 14.7 Å². The lowest BCUT2D eigenvalue weighted by Gasteiger charge is -2.20. The molecule has 5 nitrogen and oxygen atoms in total. The van der Waals surface area contributed by atoms with Crippen molar-refractivity contribution in [3.8, 4) is 0 Å². The zero-order chi connectivity index (χ0) is 13.0. The Bertz CT molecular complexity index is 416. The number of methoxy groups -OCH3 is 1. The Morgan fingerprint density at radius 1 is 1.39 bits per heavy atom. The van der Waals surface area contributed by atoms with E-state index >= 15 is 0 Å². The second kappa shape index (κ2) is 5.84.